The minimum absolute atomic E-state index is 0. The monoisotopic (exact) mass is 450 g/mol. The van der Waals surface area contributed by atoms with Gasteiger partial charge in [0.05, 0.1) is 0 Å². The molecule has 0 atom stereocenters. The van der Waals surface area contributed by atoms with Crippen molar-refractivity contribution in [1.29, 1.82) is 0 Å². The molecule has 4 N–H and O–H groups in total. The quantitative estimate of drug-likeness (QED) is 0.116. The normalized spacial score (nSPS) is 8.80. The first-order valence-corrected chi connectivity index (χ1v) is 6.59. The average molecular weight is 451 g/mol. The van der Waals surface area contributed by atoms with E-state index in [1.807, 2.05) is 0 Å². The Kier molecular flexibility index (Phi) is 61.0. The van der Waals surface area contributed by atoms with E-state index in [1.165, 1.54) is 0 Å². The van der Waals surface area contributed by atoms with Crippen LogP contribution in [0.15, 0.2) is 0 Å². The standard InChI is InChI=1S/ClH.2K.Mg.Na.2H3O4P.H2O4S/c;;;;;3*1-5(2,3)4/h1H;;;;;2*(H3,1,2,3,4);(H2,1,2,3,4)/q;2*+1;+2;+1;;;/p-5. The Morgan fingerprint density at radius 3 is 0.800 bits per heavy atom. The van der Waals surface area contributed by atoms with Gasteiger partial charge in [0.2, 0.25) is 0 Å². The van der Waals surface area contributed by atoms with E-state index in [0.717, 1.165) is 0 Å². The zero-order valence-corrected chi connectivity index (χ0v) is 23.5. The van der Waals surface area contributed by atoms with Crippen LogP contribution in [-0.4, -0.2) is 60.1 Å². The van der Waals surface area contributed by atoms with Crippen molar-refractivity contribution in [2.75, 3.05) is 0 Å². The number of hydrogen-bond acceptors (Lipinski definition) is 8. The maximum absolute atomic E-state index is 8.77. The Labute approximate surface area is 244 Å². The minimum atomic E-state index is -5.17. The maximum Gasteiger partial charge on any atom is 2.00 e. The van der Waals surface area contributed by atoms with E-state index in [-0.39, 0.29) is 168 Å². The van der Waals surface area contributed by atoms with Gasteiger partial charge in [-0.1, -0.05) is 0 Å². The minimum Gasteiger partial charge on any atom is -1.00 e. The van der Waals surface area contributed by atoms with Crippen LogP contribution in [0.1, 0.15) is 0 Å². The van der Waals surface area contributed by atoms with Crippen molar-refractivity contribution in [3.05, 3.63) is 0 Å². The van der Waals surface area contributed by atoms with Crippen LogP contribution in [0.5, 0.6) is 0 Å². The van der Waals surface area contributed by atoms with Crippen molar-refractivity contribution < 1.29 is 201 Å². The van der Waals surface area contributed by atoms with Crippen LogP contribution in [0, 0.1) is 0 Å². The van der Waals surface area contributed by atoms with Crippen molar-refractivity contribution in [3.63, 3.8) is 0 Å². The van der Waals surface area contributed by atoms with Gasteiger partial charge in [0.15, 0.2) is 0 Å². The van der Waals surface area contributed by atoms with Crippen LogP contribution in [0.25, 0.3) is 0 Å². The number of halogens is 1. The third-order valence-electron chi connectivity index (χ3n) is 0. The van der Waals surface area contributed by atoms with Gasteiger partial charge in [-0.25, -0.2) is 0 Å². The first kappa shape index (κ1) is 50.0. The molecule has 0 radical (unpaired) electrons. The maximum atomic E-state index is 8.77. The molecule has 0 aliphatic carbocycles. The second kappa shape index (κ2) is 24.4. The van der Waals surface area contributed by atoms with Gasteiger partial charge in [-0.05, 0) is 0 Å². The third-order valence-corrected chi connectivity index (χ3v) is 0. The Balaban J connectivity index is -0.0000000160. The van der Waals surface area contributed by atoms with E-state index in [2.05, 4.69) is 0 Å². The molecule has 0 amide bonds. The molecular formula is H4ClK2MgNaO12P2S. The SMILES string of the molecule is O=P([O-])(O)O.O=P([O-])(O)O.O=S(=O)([O-])[O-].[Cl-].[K+].[K+].[Mg+2].[Na+]. The van der Waals surface area contributed by atoms with Gasteiger partial charge in [0.1, 0.15) is 0 Å². The van der Waals surface area contributed by atoms with E-state index in [9.17, 15) is 0 Å². The fraction of sp³-hybridized carbons (Fsp3) is 0. The predicted octanol–water partition coefficient (Wildman–Crippen LogP) is -16.8. The van der Waals surface area contributed by atoms with Crippen molar-refractivity contribution in [2.45, 2.75) is 0 Å². The van der Waals surface area contributed by atoms with Gasteiger partial charge in [0.25, 0.3) is 15.6 Å². The topological polar surface area (TPSA) is 241 Å². The predicted molar refractivity (Wildman–Crippen MR) is 40.3 cm³/mol. The molecule has 12 nitrogen and oxygen atoms in total. The van der Waals surface area contributed by atoms with Gasteiger partial charge in [-0.3, -0.25) is 17.5 Å². The first-order valence-electron chi connectivity index (χ1n) is 2.20. The fourth-order valence-electron chi connectivity index (χ4n) is 0. The summed E-state index contributed by atoms with van der Waals surface area (Å²) in [6, 6.07) is 0. The third kappa shape index (κ3) is 401. The Morgan fingerprint density at radius 2 is 0.800 bits per heavy atom. The summed E-state index contributed by atoms with van der Waals surface area (Å²) < 4.78 is 51.6. The van der Waals surface area contributed by atoms with Gasteiger partial charge < -0.3 is 50.9 Å². The molecule has 0 spiro atoms. The fourth-order valence-corrected chi connectivity index (χ4v) is 0. The zero-order valence-electron chi connectivity index (χ0n) is 10.4. The largest absolute Gasteiger partial charge is 2.00 e. The molecule has 0 unspecified atom stereocenters. The van der Waals surface area contributed by atoms with Crippen molar-refractivity contribution in [1.82, 2.24) is 0 Å². The van der Waals surface area contributed by atoms with Crippen LogP contribution >= 0.6 is 15.6 Å². The molecule has 0 rings (SSSR count). The Hall–Kier alpha value is 5.42. The number of rotatable bonds is 0. The molecule has 0 aliphatic heterocycles. The van der Waals surface area contributed by atoms with E-state index < -0.39 is 26.0 Å². The smallest absolute Gasteiger partial charge is 1.00 e. The number of phosphoric acid groups is 2. The molecule has 0 saturated carbocycles. The summed E-state index contributed by atoms with van der Waals surface area (Å²) in [6.45, 7) is 0. The molecule has 0 aromatic heterocycles. The number of hydrogen-bond donors (Lipinski definition) is 4. The molecule has 20 heteroatoms. The van der Waals surface area contributed by atoms with Crippen LogP contribution in [0.4, 0.5) is 0 Å². The van der Waals surface area contributed by atoms with E-state index in [1.54, 1.807) is 0 Å². The van der Waals surface area contributed by atoms with E-state index in [0.29, 0.717) is 0 Å². The van der Waals surface area contributed by atoms with Crippen LogP contribution < -0.4 is 155 Å². The summed E-state index contributed by atoms with van der Waals surface area (Å²) in [5, 5.41) is 0. The summed E-state index contributed by atoms with van der Waals surface area (Å²) in [5.41, 5.74) is 0. The molecule has 0 saturated heterocycles. The molecule has 0 aromatic rings. The van der Waals surface area contributed by atoms with Crippen LogP contribution in [0.3, 0.4) is 0 Å². The molecule has 20 heavy (non-hydrogen) atoms. The van der Waals surface area contributed by atoms with Gasteiger partial charge >= 0.3 is 155 Å². The van der Waals surface area contributed by atoms with Crippen LogP contribution in [0.2, 0.25) is 0 Å². The molecule has 104 valence electrons. The van der Waals surface area contributed by atoms with E-state index >= 15 is 0 Å². The summed E-state index contributed by atoms with van der Waals surface area (Å²) in [6.07, 6.45) is 0. The summed E-state index contributed by atoms with van der Waals surface area (Å²) in [7, 11) is -14.9. The summed E-state index contributed by atoms with van der Waals surface area (Å²) in [4.78, 5) is 45.8. The zero-order chi connectivity index (χ0) is 13.5. The molecule has 0 fully saturated rings. The van der Waals surface area contributed by atoms with Crippen molar-refractivity contribution in [2.24, 2.45) is 0 Å². The second-order valence-electron chi connectivity index (χ2n) is 1.39. The molecular weight excluding hydrogens is 447 g/mol. The summed E-state index contributed by atoms with van der Waals surface area (Å²) >= 11 is 0. The average Bonchev–Trinajstić information content (AvgIpc) is 1.41. The molecule has 0 heterocycles. The van der Waals surface area contributed by atoms with Crippen LogP contribution in [-0.2, 0) is 19.5 Å². The summed E-state index contributed by atoms with van der Waals surface area (Å²) in [5.74, 6) is 0. The Morgan fingerprint density at radius 1 is 0.800 bits per heavy atom. The van der Waals surface area contributed by atoms with Crippen molar-refractivity contribution in [3.8, 4) is 0 Å². The first-order chi connectivity index (χ1) is 6.00. The van der Waals surface area contributed by atoms with Gasteiger partial charge in [-0.2, -0.15) is 0 Å². The molecule has 0 aliphatic rings. The van der Waals surface area contributed by atoms with Gasteiger partial charge in [-0.15, -0.1) is 0 Å². The van der Waals surface area contributed by atoms with Gasteiger partial charge in [0, 0.05) is 10.4 Å². The van der Waals surface area contributed by atoms with Crippen molar-refractivity contribution >= 4 is 49.1 Å². The molecule has 0 aromatic carbocycles. The second-order valence-corrected chi connectivity index (χ2v) is 4.17. The van der Waals surface area contributed by atoms with E-state index in [4.69, 9.17) is 56.0 Å². The Bertz CT molecular complexity index is 304. The molecule has 0 bridgehead atoms.